The van der Waals surface area contributed by atoms with Crippen LogP contribution >= 0.6 is 11.6 Å². The molecule has 0 spiro atoms. The van der Waals surface area contributed by atoms with Crippen LogP contribution in [0.1, 0.15) is 16.8 Å². The van der Waals surface area contributed by atoms with E-state index in [1.165, 1.54) is 0 Å². The lowest BCUT2D eigenvalue weighted by Crippen LogP contribution is -2.32. The van der Waals surface area contributed by atoms with Crippen molar-refractivity contribution in [3.8, 4) is 11.3 Å². The van der Waals surface area contributed by atoms with E-state index < -0.39 is 0 Å². The molecule has 0 saturated carbocycles. The fourth-order valence-electron chi connectivity index (χ4n) is 2.64. The number of nitrogens with two attached hydrogens (primary N) is 1. The summed E-state index contributed by atoms with van der Waals surface area (Å²) in [7, 11) is 1.80. The molecule has 1 aromatic carbocycles. The molecule has 2 aromatic rings. The predicted molar refractivity (Wildman–Crippen MR) is 82.1 cm³/mol. The third-order valence-corrected chi connectivity index (χ3v) is 4.03. The van der Waals surface area contributed by atoms with E-state index in [9.17, 15) is 4.79 Å². The maximum absolute atomic E-state index is 12.7. The van der Waals surface area contributed by atoms with Crippen molar-refractivity contribution in [2.75, 3.05) is 13.1 Å². The standard InChI is InChI=1S/C15H17ClN4O/c1-19-9-12(15(21)20-7-6-10(17)8-20)14(18-19)11-4-2-3-5-13(11)16/h2-5,9-10H,6-8,17H2,1H3. The normalized spacial score (nSPS) is 18.2. The van der Waals surface area contributed by atoms with Crippen LogP contribution < -0.4 is 5.73 Å². The van der Waals surface area contributed by atoms with Gasteiger partial charge in [0.05, 0.1) is 10.6 Å². The van der Waals surface area contributed by atoms with Crippen LogP contribution in [0.15, 0.2) is 30.5 Å². The quantitative estimate of drug-likeness (QED) is 0.922. The highest BCUT2D eigenvalue weighted by atomic mass is 35.5. The average molecular weight is 305 g/mol. The first-order valence-electron chi connectivity index (χ1n) is 6.89. The Morgan fingerprint density at radius 3 is 2.86 bits per heavy atom. The molecular formula is C15H17ClN4O. The second-order valence-electron chi connectivity index (χ2n) is 5.34. The predicted octanol–water partition coefficient (Wildman–Crippen LogP) is 1.91. The number of halogens is 1. The highest BCUT2D eigenvalue weighted by molar-refractivity contribution is 6.33. The van der Waals surface area contributed by atoms with E-state index in [1.54, 1.807) is 28.9 Å². The zero-order valence-corrected chi connectivity index (χ0v) is 12.5. The van der Waals surface area contributed by atoms with E-state index in [4.69, 9.17) is 17.3 Å². The molecular weight excluding hydrogens is 288 g/mol. The summed E-state index contributed by atoms with van der Waals surface area (Å²) >= 11 is 6.23. The average Bonchev–Trinajstić information content (AvgIpc) is 3.05. The smallest absolute Gasteiger partial charge is 0.257 e. The fourth-order valence-corrected chi connectivity index (χ4v) is 2.86. The number of aromatic nitrogens is 2. The van der Waals surface area contributed by atoms with Crippen LogP contribution in [-0.4, -0.2) is 39.7 Å². The van der Waals surface area contributed by atoms with Crippen molar-refractivity contribution in [2.24, 2.45) is 12.8 Å². The summed E-state index contributed by atoms with van der Waals surface area (Å²) in [5.41, 5.74) is 7.84. The lowest BCUT2D eigenvalue weighted by atomic mass is 10.1. The molecule has 6 heteroatoms. The minimum absolute atomic E-state index is 0.0361. The number of carbonyl (C=O) groups excluding carboxylic acids is 1. The van der Waals surface area contributed by atoms with E-state index in [0.29, 0.717) is 29.4 Å². The number of benzene rings is 1. The molecule has 0 aliphatic carbocycles. The van der Waals surface area contributed by atoms with Crippen LogP contribution in [0.25, 0.3) is 11.3 Å². The van der Waals surface area contributed by atoms with Crippen LogP contribution in [0.5, 0.6) is 0 Å². The summed E-state index contributed by atoms with van der Waals surface area (Å²) in [6, 6.07) is 7.48. The number of aryl methyl sites for hydroxylation is 1. The van der Waals surface area contributed by atoms with Gasteiger partial charge < -0.3 is 10.6 Å². The molecule has 1 atom stereocenters. The van der Waals surface area contributed by atoms with Gasteiger partial charge in [-0.2, -0.15) is 5.10 Å². The molecule has 5 nitrogen and oxygen atoms in total. The van der Waals surface area contributed by atoms with Crippen molar-refractivity contribution in [3.63, 3.8) is 0 Å². The zero-order chi connectivity index (χ0) is 15.0. The Balaban J connectivity index is 2.00. The summed E-state index contributed by atoms with van der Waals surface area (Å²) in [4.78, 5) is 14.5. The number of likely N-dealkylation sites (tertiary alicyclic amines) is 1. The number of carbonyl (C=O) groups is 1. The van der Waals surface area contributed by atoms with Crippen molar-refractivity contribution in [1.29, 1.82) is 0 Å². The van der Waals surface area contributed by atoms with Crippen LogP contribution in [-0.2, 0) is 7.05 Å². The number of rotatable bonds is 2. The summed E-state index contributed by atoms with van der Waals surface area (Å²) < 4.78 is 1.64. The largest absolute Gasteiger partial charge is 0.337 e. The molecule has 2 N–H and O–H groups in total. The van der Waals surface area contributed by atoms with Gasteiger partial charge in [0.15, 0.2) is 0 Å². The molecule has 1 saturated heterocycles. The second-order valence-corrected chi connectivity index (χ2v) is 5.75. The minimum Gasteiger partial charge on any atom is -0.337 e. The molecule has 2 heterocycles. The van der Waals surface area contributed by atoms with Gasteiger partial charge in [-0.1, -0.05) is 29.8 Å². The molecule has 0 bridgehead atoms. The molecule has 0 radical (unpaired) electrons. The maximum Gasteiger partial charge on any atom is 0.257 e. The Morgan fingerprint density at radius 2 is 2.19 bits per heavy atom. The number of amides is 1. The van der Waals surface area contributed by atoms with Gasteiger partial charge in [-0.3, -0.25) is 9.48 Å². The van der Waals surface area contributed by atoms with Gasteiger partial charge in [0.2, 0.25) is 0 Å². The van der Waals surface area contributed by atoms with Crippen LogP contribution in [0.2, 0.25) is 5.02 Å². The Hall–Kier alpha value is -1.85. The lowest BCUT2D eigenvalue weighted by molar-refractivity contribution is 0.0791. The first-order valence-corrected chi connectivity index (χ1v) is 7.27. The van der Waals surface area contributed by atoms with Crippen LogP contribution in [0.4, 0.5) is 0 Å². The minimum atomic E-state index is -0.0361. The van der Waals surface area contributed by atoms with Gasteiger partial charge in [-0.15, -0.1) is 0 Å². The van der Waals surface area contributed by atoms with E-state index >= 15 is 0 Å². The van der Waals surface area contributed by atoms with Gasteiger partial charge in [0.25, 0.3) is 5.91 Å². The van der Waals surface area contributed by atoms with E-state index in [2.05, 4.69) is 5.10 Å². The topological polar surface area (TPSA) is 64.2 Å². The third-order valence-electron chi connectivity index (χ3n) is 3.70. The lowest BCUT2D eigenvalue weighted by Gasteiger charge is -2.15. The Kier molecular flexibility index (Phi) is 3.69. The molecule has 1 aromatic heterocycles. The van der Waals surface area contributed by atoms with Gasteiger partial charge in [-0.25, -0.2) is 0 Å². The molecule has 1 amide bonds. The molecule has 1 aliphatic heterocycles. The maximum atomic E-state index is 12.7. The molecule has 1 aliphatic rings. The molecule has 21 heavy (non-hydrogen) atoms. The van der Waals surface area contributed by atoms with Gasteiger partial charge >= 0.3 is 0 Å². The highest BCUT2D eigenvalue weighted by Gasteiger charge is 2.28. The Bertz CT molecular complexity index is 682. The SMILES string of the molecule is Cn1cc(C(=O)N2CCC(N)C2)c(-c2ccccc2Cl)n1. The van der Waals surface area contributed by atoms with Gasteiger partial charge in [0, 0.05) is 37.9 Å². The number of hydrogen-bond donors (Lipinski definition) is 1. The molecule has 3 rings (SSSR count). The fraction of sp³-hybridized carbons (Fsp3) is 0.333. The molecule has 1 unspecified atom stereocenters. The van der Waals surface area contributed by atoms with E-state index in [-0.39, 0.29) is 11.9 Å². The van der Waals surface area contributed by atoms with Gasteiger partial charge in [0.1, 0.15) is 5.69 Å². The van der Waals surface area contributed by atoms with Crippen molar-refractivity contribution < 1.29 is 4.79 Å². The van der Waals surface area contributed by atoms with Gasteiger partial charge in [-0.05, 0) is 12.5 Å². The first kappa shape index (κ1) is 14.1. The first-order chi connectivity index (χ1) is 10.1. The third kappa shape index (κ3) is 2.66. The van der Waals surface area contributed by atoms with Crippen LogP contribution in [0.3, 0.4) is 0 Å². The highest BCUT2D eigenvalue weighted by Crippen LogP contribution is 2.30. The second kappa shape index (κ2) is 5.50. The van der Waals surface area contributed by atoms with Crippen molar-refractivity contribution in [2.45, 2.75) is 12.5 Å². The van der Waals surface area contributed by atoms with E-state index in [0.717, 1.165) is 12.0 Å². The summed E-state index contributed by atoms with van der Waals surface area (Å²) in [6.45, 7) is 1.28. The Morgan fingerprint density at radius 1 is 1.43 bits per heavy atom. The van der Waals surface area contributed by atoms with Crippen molar-refractivity contribution in [3.05, 3.63) is 41.0 Å². The summed E-state index contributed by atoms with van der Waals surface area (Å²) in [5, 5.41) is 4.99. The monoisotopic (exact) mass is 304 g/mol. The zero-order valence-electron chi connectivity index (χ0n) is 11.8. The molecule has 1 fully saturated rings. The van der Waals surface area contributed by atoms with E-state index in [1.807, 2.05) is 18.2 Å². The number of nitrogens with zero attached hydrogens (tertiary/aromatic N) is 3. The van der Waals surface area contributed by atoms with Crippen molar-refractivity contribution >= 4 is 17.5 Å². The van der Waals surface area contributed by atoms with Crippen molar-refractivity contribution in [1.82, 2.24) is 14.7 Å². The molecule has 110 valence electrons. The number of hydrogen-bond acceptors (Lipinski definition) is 3. The van der Waals surface area contributed by atoms with Crippen LogP contribution in [0, 0.1) is 0 Å². The Labute approximate surface area is 128 Å². The summed E-state index contributed by atoms with van der Waals surface area (Å²) in [5.74, 6) is -0.0361. The summed E-state index contributed by atoms with van der Waals surface area (Å²) in [6.07, 6.45) is 2.58.